The molecule has 2 aromatic rings. The van der Waals surface area contributed by atoms with Crippen molar-refractivity contribution in [1.82, 2.24) is 9.97 Å². The fourth-order valence-corrected chi connectivity index (χ4v) is 1.39. The largest absolute Gasteiger partial charge is 0.305 e. The predicted octanol–water partition coefficient (Wildman–Crippen LogP) is 2.25. The van der Waals surface area contributed by atoms with Crippen LogP contribution in [0.5, 0.6) is 0 Å². The van der Waals surface area contributed by atoms with Crippen molar-refractivity contribution in [3.8, 4) is 0 Å². The van der Waals surface area contributed by atoms with Gasteiger partial charge in [0.1, 0.15) is 29.9 Å². The number of nitro groups is 1. The van der Waals surface area contributed by atoms with Gasteiger partial charge in [0, 0.05) is 12.0 Å². The summed E-state index contributed by atoms with van der Waals surface area (Å²) in [7, 11) is 0. The zero-order valence-electron chi connectivity index (χ0n) is 9.01. The third-order valence-electron chi connectivity index (χ3n) is 2.30. The van der Waals surface area contributed by atoms with Crippen LogP contribution in [-0.4, -0.2) is 14.9 Å². The highest BCUT2D eigenvalue weighted by molar-refractivity contribution is 5.25. The minimum atomic E-state index is -0.697. The van der Waals surface area contributed by atoms with E-state index in [2.05, 4.69) is 9.97 Å². The van der Waals surface area contributed by atoms with Crippen LogP contribution in [0.1, 0.15) is 11.4 Å². The molecule has 0 spiro atoms. The number of hydrogen-bond acceptors (Lipinski definition) is 4. The Morgan fingerprint density at radius 3 is 2.22 bits per heavy atom. The second-order valence-corrected chi connectivity index (χ2v) is 3.49. The molecule has 18 heavy (non-hydrogen) atoms. The lowest BCUT2D eigenvalue weighted by molar-refractivity contribution is -0.385. The molecule has 0 aliphatic carbocycles. The quantitative estimate of drug-likeness (QED) is 0.619. The van der Waals surface area contributed by atoms with Gasteiger partial charge in [0.15, 0.2) is 0 Å². The molecule has 0 aliphatic rings. The summed E-state index contributed by atoms with van der Waals surface area (Å²) in [6.45, 7) is 0. The van der Waals surface area contributed by atoms with E-state index in [-0.39, 0.29) is 23.5 Å². The smallest absolute Gasteiger partial charge is 0.258 e. The van der Waals surface area contributed by atoms with Crippen molar-refractivity contribution in [2.24, 2.45) is 0 Å². The molecule has 0 aliphatic heterocycles. The van der Waals surface area contributed by atoms with Gasteiger partial charge in [-0.3, -0.25) is 10.1 Å². The molecule has 0 atom stereocenters. The van der Waals surface area contributed by atoms with Crippen LogP contribution >= 0.6 is 0 Å². The Hall–Kier alpha value is -2.44. The Bertz CT molecular complexity index is 567. The summed E-state index contributed by atoms with van der Waals surface area (Å²) in [6, 6.07) is 3.51. The molecule has 5 nitrogen and oxygen atoms in total. The molecule has 1 aromatic heterocycles. The second-order valence-electron chi connectivity index (χ2n) is 3.49. The molecule has 92 valence electrons. The number of aromatic nitrogens is 2. The van der Waals surface area contributed by atoms with E-state index in [1.165, 1.54) is 6.07 Å². The average molecular weight is 251 g/mol. The van der Waals surface area contributed by atoms with E-state index < -0.39 is 16.6 Å². The third kappa shape index (κ3) is 2.45. The Balaban J connectivity index is 2.26. The van der Waals surface area contributed by atoms with Crippen molar-refractivity contribution in [3.63, 3.8) is 0 Å². The van der Waals surface area contributed by atoms with E-state index in [1.54, 1.807) is 0 Å². The molecule has 0 unspecified atom stereocenters. The van der Waals surface area contributed by atoms with Crippen LogP contribution in [0.25, 0.3) is 0 Å². The standard InChI is InChI=1S/C11H7F2N3O2/c12-9-2-1-3-10(13)8(9)4-11-14-5-7(6-15-11)16(17)18/h1-3,5-6H,4H2. The van der Waals surface area contributed by atoms with Crippen LogP contribution in [0.3, 0.4) is 0 Å². The van der Waals surface area contributed by atoms with E-state index >= 15 is 0 Å². The van der Waals surface area contributed by atoms with Crippen molar-refractivity contribution in [1.29, 1.82) is 0 Å². The fourth-order valence-electron chi connectivity index (χ4n) is 1.39. The molecule has 1 heterocycles. The maximum absolute atomic E-state index is 13.3. The third-order valence-corrected chi connectivity index (χ3v) is 2.30. The summed E-state index contributed by atoms with van der Waals surface area (Å²) in [6.07, 6.45) is 1.85. The number of rotatable bonds is 3. The van der Waals surface area contributed by atoms with Gasteiger partial charge in [0.05, 0.1) is 4.92 Å². The SMILES string of the molecule is O=[N+]([O-])c1cnc(Cc2c(F)cccc2F)nc1. The molecule has 7 heteroatoms. The maximum atomic E-state index is 13.3. The van der Waals surface area contributed by atoms with E-state index in [0.717, 1.165) is 24.5 Å². The Kier molecular flexibility index (Phi) is 3.22. The van der Waals surface area contributed by atoms with Gasteiger partial charge in [0.2, 0.25) is 0 Å². The van der Waals surface area contributed by atoms with Crippen molar-refractivity contribution < 1.29 is 13.7 Å². The minimum absolute atomic E-state index is 0.115. The van der Waals surface area contributed by atoms with Crippen LogP contribution in [0.15, 0.2) is 30.6 Å². The van der Waals surface area contributed by atoms with Crippen molar-refractivity contribution in [2.75, 3.05) is 0 Å². The highest BCUT2D eigenvalue weighted by atomic mass is 19.1. The summed E-state index contributed by atoms with van der Waals surface area (Å²) in [5.74, 6) is -1.28. The zero-order valence-corrected chi connectivity index (χ0v) is 9.01. The second kappa shape index (κ2) is 4.82. The summed E-state index contributed by atoms with van der Waals surface area (Å²) >= 11 is 0. The lowest BCUT2D eigenvalue weighted by Gasteiger charge is -2.03. The van der Waals surface area contributed by atoms with Crippen molar-refractivity contribution in [3.05, 3.63) is 63.7 Å². The normalized spacial score (nSPS) is 10.3. The number of halogens is 2. The summed E-state index contributed by atoms with van der Waals surface area (Å²) in [5.41, 5.74) is -0.431. The lowest BCUT2D eigenvalue weighted by Crippen LogP contribution is -2.02. The molecule has 1 aromatic carbocycles. The van der Waals surface area contributed by atoms with Gasteiger partial charge in [-0.05, 0) is 12.1 Å². The van der Waals surface area contributed by atoms with Crippen molar-refractivity contribution in [2.45, 2.75) is 6.42 Å². The first-order valence-corrected chi connectivity index (χ1v) is 4.96. The van der Waals surface area contributed by atoms with Crippen LogP contribution in [0, 0.1) is 21.7 Å². The van der Waals surface area contributed by atoms with E-state index in [4.69, 9.17) is 0 Å². The number of nitrogens with zero attached hydrogens (tertiary/aromatic N) is 3. The first-order valence-electron chi connectivity index (χ1n) is 4.96. The summed E-state index contributed by atoms with van der Waals surface area (Å²) in [4.78, 5) is 17.1. The molecule has 0 amide bonds. The Morgan fingerprint density at radius 1 is 1.17 bits per heavy atom. The molecular formula is C11H7F2N3O2. The number of benzene rings is 1. The van der Waals surface area contributed by atoms with Gasteiger partial charge in [0.25, 0.3) is 0 Å². The molecule has 0 bridgehead atoms. The number of hydrogen-bond donors (Lipinski definition) is 0. The van der Waals surface area contributed by atoms with Gasteiger partial charge in [-0.25, -0.2) is 18.7 Å². The van der Waals surface area contributed by atoms with Crippen LogP contribution in [0.4, 0.5) is 14.5 Å². The van der Waals surface area contributed by atoms with Gasteiger partial charge < -0.3 is 0 Å². The molecule has 0 radical (unpaired) electrons. The van der Waals surface area contributed by atoms with E-state index in [1.807, 2.05) is 0 Å². The van der Waals surface area contributed by atoms with Crippen LogP contribution < -0.4 is 0 Å². The van der Waals surface area contributed by atoms with E-state index in [0.29, 0.717) is 0 Å². The minimum Gasteiger partial charge on any atom is -0.258 e. The molecule has 0 saturated carbocycles. The first kappa shape index (κ1) is 12.0. The lowest BCUT2D eigenvalue weighted by atomic mass is 10.1. The van der Waals surface area contributed by atoms with Gasteiger partial charge in [-0.15, -0.1) is 0 Å². The van der Waals surface area contributed by atoms with Gasteiger partial charge in [-0.1, -0.05) is 6.07 Å². The first-order chi connectivity index (χ1) is 8.58. The maximum Gasteiger partial charge on any atom is 0.305 e. The fraction of sp³-hybridized carbons (Fsp3) is 0.0909. The Morgan fingerprint density at radius 2 is 1.72 bits per heavy atom. The highest BCUT2D eigenvalue weighted by Crippen LogP contribution is 2.15. The Labute approximate surface area is 100 Å². The van der Waals surface area contributed by atoms with Crippen LogP contribution in [0.2, 0.25) is 0 Å². The topological polar surface area (TPSA) is 68.9 Å². The highest BCUT2D eigenvalue weighted by Gasteiger charge is 2.12. The van der Waals surface area contributed by atoms with E-state index in [9.17, 15) is 18.9 Å². The van der Waals surface area contributed by atoms with Crippen molar-refractivity contribution >= 4 is 5.69 Å². The van der Waals surface area contributed by atoms with Gasteiger partial charge >= 0.3 is 5.69 Å². The molecule has 2 rings (SSSR count). The van der Waals surface area contributed by atoms with Gasteiger partial charge in [-0.2, -0.15) is 0 Å². The molecular weight excluding hydrogens is 244 g/mol. The monoisotopic (exact) mass is 251 g/mol. The predicted molar refractivity (Wildman–Crippen MR) is 57.9 cm³/mol. The average Bonchev–Trinajstić information content (AvgIpc) is 2.34. The molecule has 0 N–H and O–H groups in total. The summed E-state index contributed by atoms with van der Waals surface area (Å²) in [5, 5.41) is 10.4. The zero-order chi connectivity index (χ0) is 13.1. The summed E-state index contributed by atoms with van der Waals surface area (Å²) < 4.78 is 26.7. The van der Waals surface area contributed by atoms with Crippen LogP contribution in [-0.2, 0) is 6.42 Å². The molecule has 0 saturated heterocycles. The molecule has 0 fully saturated rings.